The molecule has 0 radical (unpaired) electrons. The fourth-order valence-corrected chi connectivity index (χ4v) is 9.05. The summed E-state index contributed by atoms with van der Waals surface area (Å²) in [7, 11) is 0. The number of rotatable bonds is 3. The Morgan fingerprint density at radius 2 is 0.852 bits per heavy atom. The van der Waals surface area contributed by atoms with Crippen molar-refractivity contribution >= 4 is 87.0 Å². The summed E-state index contributed by atoms with van der Waals surface area (Å²) < 4.78 is 12.9. The molecule has 10 aromatic carbocycles. The third-order valence-electron chi connectivity index (χ3n) is 11.5. The van der Waals surface area contributed by atoms with Gasteiger partial charge in [-0.15, -0.1) is 0 Å². The molecule has 0 N–H and O–H groups in total. The van der Waals surface area contributed by atoms with Gasteiger partial charge in [0.15, 0.2) is 0 Å². The quantitative estimate of drug-likeness (QED) is 0.173. The molecule has 2 aromatic heterocycles. The van der Waals surface area contributed by atoms with Gasteiger partial charge in [-0.25, -0.2) is 0 Å². The maximum Gasteiger partial charge on any atom is 0.147 e. The normalized spacial score (nSPS) is 12.1. The molecule has 0 aliphatic carbocycles. The van der Waals surface area contributed by atoms with Crippen molar-refractivity contribution in [1.29, 1.82) is 0 Å². The first-order chi connectivity index (χ1) is 26.8. The Morgan fingerprint density at radius 3 is 1.61 bits per heavy atom. The number of furan rings is 2. The summed E-state index contributed by atoms with van der Waals surface area (Å²) in [6, 6.07) is 65.8. The predicted octanol–water partition coefficient (Wildman–Crippen LogP) is 15.1. The molecular formula is C52H30O2. The van der Waals surface area contributed by atoms with Crippen molar-refractivity contribution in [2.45, 2.75) is 0 Å². The molecule has 0 spiro atoms. The van der Waals surface area contributed by atoms with Crippen molar-refractivity contribution in [1.82, 2.24) is 0 Å². The Bertz CT molecular complexity index is 3450. The van der Waals surface area contributed by atoms with E-state index in [-0.39, 0.29) is 0 Å². The maximum absolute atomic E-state index is 6.71. The van der Waals surface area contributed by atoms with Crippen molar-refractivity contribution < 1.29 is 8.83 Å². The van der Waals surface area contributed by atoms with Gasteiger partial charge in [-0.05, 0) is 113 Å². The number of para-hydroxylation sites is 1. The van der Waals surface area contributed by atoms with E-state index in [0.29, 0.717) is 0 Å². The van der Waals surface area contributed by atoms with Crippen molar-refractivity contribution in [2.24, 2.45) is 0 Å². The lowest BCUT2D eigenvalue weighted by Gasteiger charge is -2.20. The Labute approximate surface area is 310 Å². The molecule has 0 unspecified atom stereocenters. The van der Waals surface area contributed by atoms with E-state index in [1.165, 1.54) is 70.9 Å². The van der Waals surface area contributed by atoms with E-state index < -0.39 is 0 Å². The van der Waals surface area contributed by atoms with Gasteiger partial charge in [0.25, 0.3) is 0 Å². The lowest BCUT2D eigenvalue weighted by Crippen LogP contribution is -1.92. The molecule has 0 fully saturated rings. The zero-order valence-corrected chi connectivity index (χ0v) is 29.1. The number of hydrogen-bond acceptors (Lipinski definition) is 2. The highest BCUT2D eigenvalue weighted by molar-refractivity contribution is 6.25. The van der Waals surface area contributed by atoms with E-state index in [2.05, 4.69) is 170 Å². The van der Waals surface area contributed by atoms with Crippen molar-refractivity contribution in [3.05, 3.63) is 182 Å². The second-order valence-electron chi connectivity index (χ2n) is 14.3. The van der Waals surface area contributed by atoms with E-state index >= 15 is 0 Å². The van der Waals surface area contributed by atoms with Gasteiger partial charge in [-0.3, -0.25) is 0 Å². The van der Waals surface area contributed by atoms with Crippen LogP contribution >= 0.6 is 0 Å². The molecule has 250 valence electrons. The minimum atomic E-state index is 0.843. The van der Waals surface area contributed by atoms with E-state index in [0.717, 1.165) is 49.4 Å². The highest BCUT2D eigenvalue weighted by Gasteiger charge is 2.20. The van der Waals surface area contributed by atoms with E-state index in [9.17, 15) is 0 Å². The van der Waals surface area contributed by atoms with Gasteiger partial charge in [0.1, 0.15) is 22.3 Å². The minimum Gasteiger partial charge on any atom is -0.456 e. The van der Waals surface area contributed by atoms with Crippen molar-refractivity contribution in [3.8, 4) is 33.4 Å². The third-order valence-corrected chi connectivity index (χ3v) is 11.5. The van der Waals surface area contributed by atoms with Crippen LogP contribution in [0.15, 0.2) is 191 Å². The zero-order chi connectivity index (χ0) is 35.3. The molecule has 0 saturated heterocycles. The Morgan fingerprint density at radius 1 is 0.278 bits per heavy atom. The smallest absolute Gasteiger partial charge is 0.147 e. The van der Waals surface area contributed by atoms with Crippen LogP contribution in [0, 0.1) is 0 Å². The zero-order valence-electron chi connectivity index (χ0n) is 29.1. The maximum atomic E-state index is 6.71. The van der Waals surface area contributed by atoms with Crippen molar-refractivity contribution in [2.75, 3.05) is 0 Å². The Hall–Kier alpha value is -7.16. The average molecular weight is 687 g/mol. The van der Waals surface area contributed by atoms with E-state index in [4.69, 9.17) is 8.83 Å². The molecule has 12 aromatic rings. The van der Waals surface area contributed by atoms with Crippen LogP contribution in [0.1, 0.15) is 0 Å². The molecule has 0 saturated carbocycles. The largest absolute Gasteiger partial charge is 0.456 e. The molecule has 2 nitrogen and oxygen atoms in total. The first kappa shape index (κ1) is 29.4. The van der Waals surface area contributed by atoms with E-state index in [1.807, 2.05) is 12.1 Å². The number of fused-ring (bicyclic) bond motifs is 11. The summed E-state index contributed by atoms with van der Waals surface area (Å²) in [6.07, 6.45) is 0. The minimum absolute atomic E-state index is 0.843. The summed E-state index contributed by atoms with van der Waals surface area (Å²) in [5.74, 6) is 0. The summed E-state index contributed by atoms with van der Waals surface area (Å²) >= 11 is 0. The van der Waals surface area contributed by atoms with Gasteiger partial charge >= 0.3 is 0 Å². The van der Waals surface area contributed by atoms with Gasteiger partial charge in [0.2, 0.25) is 0 Å². The SMILES string of the molecule is c1ccc2cc(-c3c4ccccc4c(-c4ccc(-c5ccc6c(c5)oc5c6ccc6oc7ccccc7c65)c5ccccc45)c4ccccc34)ccc2c1. The fraction of sp³-hybridized carbons (Fsp3) is 0. The van der Waals surface area contributed by atoms with Gasteiger partial charge < -0.3 is 8.83 Å². The molecule has 2 heteroatoms. The second-order valence-corrected chi connectivity index (χ2v) is 14.3. The van der Waals surface area contributed by atoms with Crippen LogP contribution in [-0.4, -0.2) is 0 Å². The van der Waals surface area contributed by atoms with Gasteiger partial charge in [0.05, 0.1) is 5.39 Å². The predicted molar refractivity (Wildman–Crippen MR) is 227 cm³/mol. The molecular weight excluding hydrogens is 657 g/mol. The third kappa shape index (κ3) is 4.17. The monoisotopic (exact) mass is 686 g/mol. The van der Waals surface area contributed by atoms with Crippen LogP contribution in [0.4, 0.5) is 0 Å². The van der Waals surface area contributed by atoms with Crippen LogP contribution in [0.25, 0.3) is 120 Å². The standard InChI is InChI=1S/C52H30O2/c1-2-12-32-29-34(22-21-31(32)11-1)49-39-15-5-7-17-41(39)50(42-18-8-6-16-40(42)49)43-26-25-35(36-13-3-4-14-37(36)43)33-23-24-38-44-27-28-47-51(52(44)54-48(38)30-33)45-19-9-10-20-46(45)53-47/h1-30H. The van der Waals surface area contributed by atoms with Crippen molar-refractivity contribution in [3.63, 3.8) is 0 Å². The van der Waals surface area contributed by atoms with Gasteiger partial charge in [-0.2, -0.15) is 0 Å². The lowest BCUT2D eigenvalue weighted by molar-refractivity contribution is 0.663. The average Bonchev–Trinajstić information content (AvgIpc) is 3.80. The topological polar surface area (TPSA) is 26.3 Å². The fourth-order valence-electron chi connectivity index (χ4n) is 9.05. The highest BCUT2D eigenvalue weighted by atomic mass is 16.3. The summed E-state index contributed by atoms with van der Waals surface area (Å²) in [6.45, 7) is 0. The first-order valence-electron chi connectivity index (χ1n) is 18.5. The van der Waals surface area contributed by atoms with Crippen LogP contribution in [-0.2, 0) is 0 Å². The van der Waals surface area contributed by atoms with E-state index in [1.54, 1.807) is 0 Å². The second kappa shape index (κ2) is 11.2. The summed E-state index contributed by atoms with van der Waals surface area (Å²) in [5, 5.41) is 14.2. The summed E-state index contributed by atoms with van der Waals surface area (Å²) in [4.78, 5) is 0. The Balaban J connectivity index is 1.08. The van der Waals surface area contributed by atoms with Gasteiger partial charge in [-0.1, -0.05) is 146 Å². The molecule has 0 bridgehead atoms. The molecule has 0 atom stereocenters. The Kier molecular flexibility index (Phi) is 6.09. The van der Waals surface area contributed by atoms with Crippen LogP contribution in [0.2, 0.25) is 0 Å². The number of benzene rings is 10. The van der Waals surface area contributed by atoms with Crippen LogP contribution in [0.3, 0.4) is 0 Å². The first-order valence-corrected chi connectivity index (χ1v) is 18.5. The number of hydrogen-bond donors (Lipinski definition) is 0. The lowest BCUT2D eigenvalue weighted by atomic mass is 9.83. The van der Waals surface area contributed by atoms with Crippen LogP contribution in [0.5, 0.6) is 0 Å². The molecule has 0 aliphatic rings. The molecule has 54 heavy (non-hydrogen) atoms. The molecule has 12 rings (SSSR count). The molecule has 2 heterocycles. The van der Waals surface area contributed by atoms with Gasteiger partial charge in [0, 0.05) is 16.2 Å². The molecule has 0 amide bonds. The molecule has 0 aliphatic heterocycles. The van der Waals surface area contributed by atoms with Crippen LogP contribution < -0.4 is 0 Å². The highest BCUT2D eigenvalue weighted by Crippen LogP contribution is 2.47. The summed E-state index contributed by atoms with van der Waals surface area (Å²) in [5.41, 5.74) is 10.8.